The smallest absolute Gasteiger partial charge is 0.217 e. The summed E-state index contributed by atoms with van der Waals surface area (Å²) in [6.07, 6.45) is 0.259. The number of methoxy groups -OCH3 is 3. The Morgan fingerprint density at radius 1 is 0.939 bits per heavy atom. The van der Waals surface area contributed by atoms with Crippen molar-refractivity contribution >= 4 is 37.6 Å². The summed E-state index contributed by atoms with van der Waals surface area (Å²) in [6.45, 7) is 0. The van der Waals surface area contributed by atoms with E-state index in [1.807, 2.05) is 53.5 Å². The highest BCUT2D eigenvalue weighted by Crippen LogP contribution is 2.52. The topological polar surface area (TPSA) is 52.5 Å². The maximum Gasteiger partial charge on any atom is 0.217 e. The van der Waals surface area contributed by atoms with Gasteiger partial charge in [0.2, 0.25) is 6.23 Å². The second kappa shape index (κ2) is 8.91. The summed E-state index contributed by atoms with van der Waals surface area (Å²) in [5, 5.41) is 7.07. The highest BCUT2D eigenvalue weighted by Gasteiger charge is 2.43. The molecular formula is C25H22Br2N2O4. The highest BCUT2D eigenvalue weighted by atomic mass is 79.9. The molecule has 0 fully saturated rings. The summed E-state index contributed by atoms with van der Waals surface area (Å²) < 4.78 is 25.0. The number of ether oxygens (including phenoxy) is 4. The van der Waals surface area contributed by atoms with E-state index in [-0.39, 0.29) is 6.04 Å². The zero-order valence-electron chi connectivity index (χ0n) is 18.3. The van der Waals surface area contributed by atoms with Gasteiger partial charge in [0, 0.05) is 16.5 Å². The largest absolute Gasteiger partial charge is 0.497 e. The van der Waals surface area contributed by atoms with Gasteiger partial charge in [-0.15, -0.1) is 0 Å². The molecule has 5 rings (SSSR count). The van der Waals surface area contributed by atoms with Gasteiger partial charge < -0.3 is 18.9 Å². The Balaban J connectivity index is 1.64. The van der Waals surface area contributed by atoms with Gasteiger partial charge in [-0.25, -0.2) is 5.01 Å². The average Bonchev–Trinajstić information content (AvgIpc) is 3.29. The summed E-state index contributed by atoms with van der Waals surface area (Å²) >= 11 is 7.31. The van der Waals surface area contributed by atoms with Crippen molar-refractivity contribution in [1.29, 1.82) is 0 Å². The minimum atomic E-state index is -0.485. The Kier molecular flexibility index (Phi) is 5.97. The van der Waals surface area contributed by atoms with Gasteiger partial charge in [-0.3, -0.25) is 0 Å². The minimum Gasteiger partial charge on any atom is -0.497 e. The second-order valence-corrected chi connectivity index (χ2v) is 9.50. The summed E-state index contributed by atoms with van der Waals surface area (Å²) in [4.78, 5) is 0. The minimum absolute atomic E-state index is 0.000517. The first-order valence-electron chi connectivity index (χ1n) is 10.4. The third kappa shape index (κ3) is 3.85. The Bertz CT molecular complexity index is 1230. The third-order valence-corrected chi connectivity index (χ3v) is 6.98. The molecular weight excluding hydrogens is 552 g/mol. The molecule has 6 nitrogen and oxygen atoms in total. The Morgan fingerprint density at radius 3 is 2.42 bits per heavy atom. The first-order chi connectivity index (χ1) is 16.0. The molecule has 33 heavy (non-hydrogen) atoms. The number of hydrogen-bond acceptors (Lipinski definition) is 6. The molecule has 2 aliphatic rings. The van der Waals surface area contributed by atoms with Crippen LogP contribution in [0.15, 0.2) is 68.6 Å². The predicted molar refractivity (Wildman–Crippen MR) is 133 cm³/mol. The van der Waals surface area contributed by atoms with Crippen LogP contribution in [0.3, 0.4) is 0 Å². The fraction of sp³-hybridized carbons (Fsp3) is 0.240. The number of halogens is 2. The lowest BCUT2D eigenvalue weighted by molar-refractivity contribution is -0.0212. The summed E-state index contributed by atoms with van der Waals surface area (Å²) in [5.74, 6) is 2.90. The van der Waals surface area contributed by atoms with Crippen molar-refractivity contribution in [2.45, 2.75) is 18.7 Å². The van der Waals surface area contributed by atoms with E-state index in [2.05, 4.69) is 37.9 Å². The van der Waals surface area contributed by atoms with Crippen LogP contribution >= 0.6 is 31.9 Å². The van der Waals surface area contributed by atoms with Crippen LogP contribution < -0.4 is 18.9 Å². The third-order valence-electron chi connectivity index (χ3n) is 5.93. The van der Waals surface area contributed by atoms with Crippen LogP contribution in [0, 0.1) is 0 Å². The number of fused-ring (bicyclic) bond motifs is 3. The van der Waals surface area contributed by atoms with Gasteiger partial charge in [0.05, 0.1) is 43.1 Å². The molecule has 0 saturated heterocycles. The van der Waals surface area contributed by atoms with Crippen molar-refractivity contribution < 1.29 is 18.9 Å². The number of rotatable bonds is 5. The van der Waals surface area contributed by atoms with Gasteiger partial charge in [0.1, 0.15) is 11.5 Å². The van der Waals surface area contributed by atoms with Crippen LogP contribution in [0.4, 0.5) is 0 Å². The SMILES string of the molecule is COc1ccc(C2=NN3[C@@H](c4cccc(OC)c4OC)Oc4c(Br)cc(Br)cc4[C@@H]3C2)cc1. The van der Waals surface area contributed by atoms with E-state index in [1.165, 1.54) is 0 Å². The molecule has 0 unspecified atom stereocenters. The molecule has 2 heterocycles. The van der Waals surface area contributed by atoms with Crippen LogP contribution in [0.5, 0.6) is 23.0 Å². The molecule has 0 N–H and O–H groups in total. The molecule has 0 bridgehead atoms. The van der Waals surface area contributed by atoms with Crippen molar-refractivity contribution in [3.63, 3.8) is 0 Å². The Hall–Kier alpha value is -2.71. The number of para-hydroxylation sites is 1. The van der Waals surface area contributed by atoms with Crippen molar-refractivity contribution in [1.82, 2.24) is 5.01 Å². The lowest BCUT2D eigenvalue weighted by atomic mass is 9.95. The number of hydrazone groups is 1. The maximum absolute atomic E-state index is 6.58. The van der Waals surface area contributed by atoms with E-state index < -0.39 is 6.23 Å². The van der Waals surface area contributed by atoms with E-state index in [9.17, 15) is 0 Å². The average molecular weight is 574 g/mol. The normalized spacial score (nSPS) is 18.7. The lowest BCUT2D eigenvalue weighted by Gasteiger charge is -2.39. The molecule has 2 aliphatic heterocycles. The standard InChI is InChI=1S/C25H22Br2N2O4/c1-30-16-9-7-14(8-10-16)20-13-21-18-11-15(26)12-19(27)23(18)33-25(29(21)28-20)17-5-4-6-22(31-2)24(17)32-3/h4-12,21,25H,13H2,1-3H3/t21-,25+/m0/s1. The molecule has 0 aliphatic carbocycles. The molecule has 2 atom stereocenters. The number of hydrogen-bond donors (Lipinski definition) is 0. The van der Waals surface area contributed by atoms with Gasteiger partial charge in [-0.1, -0.05) is 22.0 Å². The lowest BCUT2D eigenvalue weighted by Crippen LogP contribution is -2.34. The van der Waals surface area contributed by atoms with Crippen molar-refractivity contribution in [2.75, 3.05) is 21.3 Å². The molecule has 3 aromatic rings. The monoisotopic (exact) mass is 572 g/mol. The van der Waals surface area contributed by atoms with Crippen LogP contribution in [0.2, 0.25) is 0 Å². The van der Waals surface area contributed by atoms with Crippen molar-refractivity contribution in [2.24, 2.45) is 5.10 Å². The fourth-order valence-corrected chi connectivity index (χ4v) is 5.74. The highest BCUT2D eigenvalue weighted by molar-refractivity contribution is 9.11. The number of nitrogens with zero attached hydrogens (tertiary/aromatic N) is 2. The molecule has 170 valence electrons. The molecule has 0 spiro atoms. The molecule has 8 heteroatoms. The second-order valence-electron chi connectivity index (χ2n) is 7.73. The van der Waals surface area contributed by atoms with Gasteiger partial charge in [0.25, 0.3) is 0 Å². The van der Waals surface area contributed by atoms with E-state index in [0.29, 0.717) is 11.5 Å². The summed E-state index contributed by atoms with van der Waals surface area (Å²) in [5.41, 5.74) is 3.96. The maximum atomic E-state index is 6.58. The van der Waals surface area contributed by atoms with E-state index >= 15 is 0 Å². The van der Waals surface area contributed by atoms with Crippen molar-refractivity contribution in [3.8, 4) is 23.0 Å². The van der Waals surface area contributed by atoms with E-state index in [4.69, 9.17) is 24.0 Å². The Morgan fingerprint density at radius 2 is 1.73 bits per heavy atom. The van der Waals surface area contributed by atoms with Gasteiger partial charge in [-0.05, 0) is 70.0 Å². The van der Waals surface area contributed by atoms with E-state index in [1.54, 1.807) is 21.3 Å². The first-order valence-corrected chi connectivity index (χ1v) is 12.0. The molecule has 0 aromatic heterocycles. The predicted octanol–water partition coefficient (Wildman–Crippen LogP) is 6.48. The fourth-order valence-electron chi connectivity index (χ4n) is 4.38. The molecule has 0 radical (unpaired) electrons. The van der Waals surface area contributed by atoms with Gasteiger partial charge in [-0.2, -0.15) is 5.10 Å². The zero-order chi connectivity index (χ0) is 23.1. The van der Waals surface area contributed by atoms with Crippen LogP contribution in [-0.2, 0) is 0 Å². The Labute approximate surface area is 209 Å². The molecule has 0 saturated carbocycles. The molecule has 3 aromatic carbocycles. The van der Waals surface area contributed by atoms with Crippen molar-refractivity contribution in [3.05, 3.63) is 80.2 Å². The summed E-state index contributed by atoms with van der Waals surface area (Å²) in [7, 11) is 4.93. The molecule has 0 amide bonds. The zero-order valence-corrected chi connectivity index (χ0v) is 21.5. The number of benzene rings is 3. The first kappa shape index (κ1) is 22.1. The quantitative estimate of drug-likeness (QED) is 0.350. The van der Waals surface area contributed by atoms with E-state index in [0.717, 1.165) is 49.3 Å². The van der Waals surface area contributed by atoms with Gasteiger partial charge in [0.15, 0.2) is 11.5 Å². The van der Waals surface area contributed by atoms with Gasteiger partial charge >= 0.3 is 0 Å². The van der Waals surface area contributed by atoms with Crippen LogP contribution in [-0.4, -0.2) is 32.0 Å². The van der Waals surface area contributed by atoms with Crippen LogP contribution in [0.25, 0.3) is 0 Å². The summed E-state index contributed by atoms with van der Waals surface area (Å²) in [6, 6.07) is 17.9. The van der Waals surface area contributed by atoms with Crippen LogP contribution in [0.1, 0.15) is 35.4 Å².